The average Bonchev–Trinajstić information content (AvgIpc) is 2.39. The lowest BCUT2D eigenvalue weighted by Crippen LogP contribution is -2.57. The lowest BCUT2D eigenvalue weighted by Gasteiger charge is -2.41. The third kappa shape index (κ3) is 2.63. The molecule has 0 radical (unpaired) electrons. The van der Waals surface area contributed by atoms with E-state index in [1.807, 2.05) is 0 Å². The van der Waals surface area contributed by atoms with E-state index in [0.717, 1.165) is 12.8 Å². The van der Waals surface area contributed by atoms with Crippen LogP contribution in [0.25, 0.3) is 0 Å². The number of carbonyl (C=O) groups excluding carboxylic acids is 1. The molecule has 6 heteroatoms. The summed E-state index contributed by atoms with van der Waals surface area (Å²) in [5.41, 5.74) is -0.708. The first-order valence-corrected chi connectivity index (χ1v) is 6.91. The van der Waals surface area contributed by atoms with Crippen molar-refractivity contribution in [2.45, 2.75) is 31.7 Å². The largest absolute Gasteiger partial charge is 0.480 e. The Kier molecular flexibility index (Phi) is 3.89. The van der Waals surface area contributed by atoms with Crippen LogP contribution in [0.1, 0.15) is 36.5 Å². The Morgan fingerprint density at radius 2 is 2.16 bits per heavy atom. The summed E-state index contributed by atoms with van der Waals surface area (Å²) in [5.74, 6) is -1.23. The van der Waals surface area contributed by atoms with Gasteiger partial charge in [-0.25, -0.2) is 9.78 Å². The van der Waals surface area contributed by atoms with Gasteiger partial charge in [-0.2, -0.15) is 0 Å². The molecule has 0 aromatic carbocycles. The van der Waals surface area contributed by atoms with Crippen LogP contribution in [0.3, 0.4) is 0 Å². The number of aliphatic carboxylic acids is 1. The highest BCUT2D eigenvalue weighted by Crippen LogP contribution is 2.29. The zero-order valence-electron chi connectivity index (χ0n) is 10.6. The molecule has 1 aromatic heterocycles. The van der Waals surface area contributed by atoms with Crippen LogP contribution in [-0.2, 0) is 4.79 Å². The lowest BCUT2D eigenvalue weighted by atomic mass is 9.88. The number of halogens is 1. The Morgan fingerprint density at radius 3 is 2.74 bits per heavy atom. The van der Waals surface area contributed by atoms with Gasteiger partial charge in [-0.15, -0.1) is 0 Å². The van der Waals surface area contributed by atoms with Gasteiger partial charge in [-0.05, 0) is 54.2 Å². The molecule has 1 atom stereocenters. The van der Waals surface area contributed by atoms with E-state index in [9.17, 15) is 14.7 Å². The van der Waals surface area contributed by atoms with Crippen LogP contribution in [-0.4, -0.2) is 39.0 Å². The number of aromatic nitrogens is 1. The summed E-state index contributed by atoms with van der Waals surface area (Å²) in [4.78, 5) is 29.4. The molecule has 1 amide bonds. The third-order valence-corrected chi connectivity index (χ3v) is 4.04. The van der Waals surface area contributed by atoms with Gasteiger partial charge in [-0.1, -0.05) is 0 Å². The number of pyridine rings is 1. The molecule has 1 fully saturated rings. The molecular formula is C13H15BrN2O3. The van der Waals surface area contributed by atoms with Crippen LogP contribution in [0.15, 0.2) is 22.9 Å². The predicted molar refractivity (Wildman–Crippen MR) is 72.9 cm³/mol. The van der Waals surface area contributed by atoms with Gasteiger partial charge in [0.05, 0.1) is 5.56 Å². The molecule has 2 rings (SSSR count). The van der Waals surface area contributed by atoms with E-state index >= 15 is 0 Å². The fourth-order valence-electron chi connectivity index (χ4n) is 2.33. The van der Waals surface area contributed by atoms with Crippen molar-refractivity contribution in [1.82, 2.24) is 9.88 Å². The van der Waals surface area contributed by atoms with E-state index in [1.165, 1.54) is 11.1 Å². The molecule has 102 valence electrons. The minimum Gasteiger partial charge on any atom is -0.480 e. The van der Waals surface area contributed by atoms with Gasteiger partial charge in [0, 0.05) is 12.7 Å². The van der Waals surface area contributed by atoms with Gasteiger partial charge < -0.3 is 10.0 Å². The van der Waals surface area contributed by atoms with E-state index in [2.05, 4.69) is 20.9 Å². The first-order valence-electron chi connectivity index (χ1n) is 6.12. The summed E-state index contributed by atoms with van der Waals surface area (Å²) < 4.78 is 0.642. The number of hydrogen-bond donors (Lipinski definition) is 1. The fourth-order valence-corrected chi connectivity index (χ4v) is 2.56. The topological polar surface area (TPSA) is 70.5 Å². The molecule has 1 unspecified atom stereocenters. The maximum atomic E-state index is 12.4. The highest BCUT2D eigenvalue weighted by Gasteiger charge is 2.44. The minimum absolute atomic E-state index is 0.274. The lowest BCUT2D eigenvalue weighted by molar-refractivity contribution is -0.150. The molecule has 5 nitrogen and oxygen atoms in total. The Balaban J connectivity index is 2.30. The normalized spacial score (nSPS) is 23.2. The molecule has 1 N–H and O–H groups in total. The van der Waals surface area contributed by atoms with Crippen LogP contribution < -0.4 is 0 Å². The van der Waals surface area contributed by atoms with E-state index in [1.54, 1.807) is 19.1 Å². The van der Waals surface area contributed by atoms with Gasteiger partial charge in [-0.3, -0.25) is 4.79 Å². The highest BCUT2D eigenvalue weighted by molar-refractivity contribution is 9.10. The standard InChI is InChI=1S/C13H15BrN2O3/c1-13(12(18)19)6-2-3-7-16(13)11(17)9-4-5-10(14)15-8-9/h4-5,8H,2-3,6-7H2,1H3,(H,18,19). The van der Waals surface area contributed by atoms with Crippen molar-refractivity contribution in [2.24, 2.45) is 0 Å². The molecule has 0 aliphatic carbocycles. The summed E-state index contributed by atoms with van der Waals surface area (Å²) >= 11 is 3.21. The molecule has 1 aromatic rings. The van der Waals surface area contributed by atoms with E-state index in [4.69, 9.17) is 0 Å². The summed E-state index contributed by atoms with van der Waals surface area (Å²) in [6, 6.07) is 3.32. The Labute approximate surface area is 119 Å². The van der Waals surface area contributed by atoms with Crippen molar-refractivity contribution in [3.05, 3.63) is 28.5 Å². The van der Waals surface area contributed by atoms with Crippen LogP contribution >= 0.6 is 15.9 Å². The molecule has 0 spiro atoms. The van der Waals surface area contributed by atoms with Crippen LogP contribution in [0, 0.1) is 0 Å². The molecule has 0 saturated carbocycles. The zero-order chi connectivity index (χ0) is 14.0. The monoisotopic (exact) mass is 326 g/mol. The number of rotatable bonds is 2. The Hall–Kier alpha value is -1.43. The van der Waals surface area contributed by atoms with Gasteiger partial charge in [0.25, 0.3) is 5.91 Å². The number of carboxylic acid groups (broad SMARTS) is 1. The minimum atomic E-state index is -1.12. The Morgan fingerprint density at radius 1 is 1.42 bits per heavy atom. The summed E-state index contributed by atoms with van der Waals surface area (Å²) in [7, 11) is 0. The smallest absolute Gasteiger partial charge is 0.329 e. The van der Waals surface area contributed by atoms with E-state index in [0.29, 0.717) is 23.1 Å². The van der Waals surface area contributed by atoms with Crippen LogP contribution in [0.5, 0.6) is 0 Å². The first-order chi connectivity index (χ1) is 8.95. The highest BCUT2D eigenvalue weighted by atomic mass is 79.9. The third-order valence-electron chi connectivity index (χ3n) is 3.57. The summed E-state index contributed by atoms with van der Waals surface area (Å²) in [6.45, 7) is 2.08. The molecule has 1 saturated heterocycles. The number of carboxylic acids is 1. The van der Waals surface area contributed by atoms with Crippen molar-refractivity contribution in [3.8, 4) is 0 Å². The van der Waals surface area contributed by atoms with E-state index < -0.39 is 11.5 Å². The number of hydrogen-bond acceptors (Lipinski definition) is 3. The molecule has 1 aliphatic rings. The quantitative estimate of drug-likeness (QED) is 0.846. The number of nitrogens with zero attached hydrogens (tertiary/aromatic N) is 2. The molecule has 2 heterocycles. The van der Waals surface area contributed by atoms with Gasteiger partial charge in [0.1, 0.15) is 10.1 Å². The van der Waals surface area contributed by atoms with E-state index in [-0.39, 0.29) is 5.91 Å². The maximum Gasteiger partial charge on any atom is 0.329 e. The second-order valence-electron chi connectivity index (χ2n) is 4.86. The molecule has 19 heavy (non-hydrogen) atoms. The maximum absolute atomic E-state index is 12.4. The van der Waals surface area contributed by atoms with Crippen molar-refractivity contribution >= 4 is 27.8 Å². The van der Waals surface area contributed by atoms with Crippen molar-refractivity contribution in [1.29, 1.82) is 0 Å². The first kappa shape index (κ1) is 14.0. The SMILES string of the molecule is CC1(C(=O)O)CCCCN1C(=O)c1ccc(Br)nc1. The Bertz CT molecular complexity index is 503. The molecule has 1 aliphatic heterocycles. The van der Waals surface area contributed by atoms with Crippen LogP contribution in [0.4, 0.5) is 0 Å². The van der Waals surface area contributed by atoms with Crippen molar-refractivity contribution in [2.75, 3.05) is 6.54 Å². The number of piperidine rings is 1. The number of amides is 1. The predicted octanol–water partition coefficient (Wildman–Crippen LogP) is 2.31. The summed E-state index contributed by atoms with van der Waals surface area (Å²) in [6.07, 6.45) is 3.60. The zero-order valence-corrected chi connectivity index (χ0v) is 12.2. The number of likely N-dealkylation sites (tertiary alicyclic amines) is 1. The van der Waals surface area contributed by atoms with Crippen molar-refractivity contribution < 1.29 is 14.7 Å². The molecule has 0 bridgehead atoms. The van der Waals surface area contributed by atoms with Crippen molar-refractivity contribution in [3.63, 3.8) is 0 Å². The van der Waals surface area contributed by atoms with Gasteiger partial charge in [0.15, 0.2) is 0 Å². The second kappa shape index (κ2) is 5.28. The van der Waals surface area contributed by atoms with Gasteiger partial charge in [0.2, 0.25) is 0 Å². The molecular weight excluding hydrogens is 312 g/mol. The summed E-state index contributed by atoms with van der Waals surface area (Å²) in [5, 5.41) is 9.39. The average molecular weight is 327 g/mol. The van der Waals surface area contributed by atoms with Gasteiger partial charge >= 0.3 is 5.97 Å². The number of carbonyl (C=O) groups is 2. The van der Waals surface area contributed by atoms with Crippen LogP contribution in [0.2, 0.25) is 0 Å². The fraction of sp³-hybridized carbons (Fsp3) is 0.462. The second-order valence-corrected chi connectivity index (χ2v) is 5.67.